The summed E-state index contributed by atoms with van der Waals surface area (Å²) in [6.45, 7) is 8.56. The third kappa shape index (κ3) is 6.44. The molecule has 2 heteroatoms. The van der Waals surface area contributed by atoms with Gasteiger partial charge in [0.15, 0.2) is 0 Å². The minimum absolute atomic E-state index is 0.259. The molecule has 1 atom stereocenters. The number of ether oxygens (including phenoxy) is 1. The van der Waals surface area contributed by atoms with E-state index in [2.05, 4.69) is 31.3 Å². The lowest BCUT2D eigenvalue weighted by Gasteiger charge is -2.16. The van der Waals surface area contributed by atoms with Crippen molar-refractivity contribution in [2.75, 3.05) is 13.1 Å². The summed E-state index contributed by atoms with van der Waals surface area (Å²) in [6.07, 6.45) is 7.83. The third-order valence-corrected chi connectivity index (χ3v) is 2.98. The van der Waals surface area contributed by atoms with E-state index in [-0.39, 0.29) is 6.10 Å². The SMILES string of the molecule is CC=Cc1ccccc1OC(C)CCCNCCC. The van der Waals surface area contributed by atoms with Crippen LogP contribution in [-0.4, -0.2) is 19.2 Å². The Bertz CT molecular complexity index is 373. The molecule has 1 rings (SSSR count). The van der Waals surface area contributed by atoms with Gasteiger partial charge in [-0.1, -0.05) is 37.3 Å². The molecule has 0 saturated heterocycles. The average Bonchev–Trinajstić information content (AvgIpc) is 2.41. The predicted molar refractivity (Wildman–Crippen MR) is 83.6 cm³/mol. The second-order valence-corrected chi connectivity index (χ2v) is 4.86. The topological polar surface area (TPSA) is 21.3 Å². The summed E-state index contributed by atoms with van der Waals surface area (Å²) in [5.41, 5.74) is 1.15. The summed E-state index contributed by atoms with van der Waals surface area (Å²) < 4.78 is 6.03. The van der Waals surface area contributed by atoms with Gasteiger partial charge in [-0.2, -0.15) is 0 Å². The summed E-state index contributed by atoms with van der Waals surface area (Å²) in [5, 5.41) is 3.42. The Labute approximate surface area is 117 Å². The van der Waals surface area contributed by atoms with Crippen LogP contribution in [0.2, 0.25) is 0 Å². The van der Waals surface area contributed by atoms with Gasteiger partial charge in [0.05, 0.1) is 6.10 Å². The molecule has 0 spiro atoms. The highest BCUT2D eigenvalue weighted by molar-refractivity contribution is 5.56. The fourth-order valence-corrected chi connectivity index (χ4v) is 2.00. The second kappa shape index (κ2) is 9.62. The summed E-state index contributed by atoms with van der Waals surface area (Å²) in [7, 11) is 0. The molecule has 0 heterocycles. The highest BCUT2D eigenvalue weighted by Crippen LogP contribution is 2.21. The molecular weight excluding hydrogens is 234 g/mol. The standard InChI is InChI=1S/C17H27NO/c1-4-9-16-11-6-7-12-17(16)19-15(3)10-8-14-18-13-5-2/h4,6-7,9,11-12,15,18H,5,8,10,13-14H2,1-3H3. The van der Waals surface area contributed by atoms with Gasteiger partial charge in [-0.3, -0.25) is 0 Å². The number of nitrogens with one attached hydrogen (secondary N) is 1. The number of hydrogen-bond donors (Lipinski definition) is 1. The van der Waals surface area contributed by atoms with Crippen molar-refractivity contribution in [1.82, 2.24) is 5.32 Å². The Balaban J connectivity index is 2.37. The minimum Gasteiger partial charge on any atom is -0.490 e. The van der Waals surface area contributed by atoms with Gasteiger partial charge in [-0.05, 0) is 52.3 Å². The average molecular weight is 261 g/mol. The van der Waals surface area contributed by atoms with Gasteiger partial charge in [0.1, 0.15) is 5.75 Å². The van der Waals surface area contributed by atoms with Crippen molar-refractivity contribution in [3.63, 3.8) is 0 Å². The van der Waals surface area contributed by atoms with Gasteiger partial charge >= 0.3 is 0 Å². The van der Waals surface area contributed by atoms with Gasteiger partial charge in [0.25, 0.3) is 0 Å². The van der Waals surface area contributed by atoms with Crippen LogP contribution in [0.1, 0.15) is 45.6 Å². The first-order chi connectivity index (χ1) is 9.27. The first-order valence-corrected chi connectivity index (χ1v) is 7.37. The molecule has 0 saturated carbocycles. The maximum atomic E-state index is 6.03. The molecule has 2 nitrogen and oxygen atoms in total. The van der Waals surface area contributed by atoms with Crippen LogP contribution in [0, 0.1) is 0 Å². The summed E-state index contributed by atoms with van der Waals surface area (Å²) in [5.74, 6) is 0.981. The molecule has 0 aliphatic heterocycles. The maximum absolute atomic E-state index is 6.03. The molecule has 0 aromatic heterocycles. The van der Waals surface area contributed by atoms with Crippen LogP contribution in [-0.2, 0) is 0 Å². The normalized spacial score (nSPS) is 12.8. The van der Waals surface area contributed by atoms with E-state index in [1.54, 1.807) is 0 Å². The molecule has 106 valence electrons. The second-order valence-electron chi connectivity index (χ2n) is 4.86. The van der Waals surface area contributed by atoms with Gasteiger partial charge < -0.3 is 10.1 Å². The Morgan fingerprint density at radius 3 is 2.79 bits per heavy atom. The van der Waals surface area contributed by atoms with Crippen molar-refractivity contribution < 1.29 is 4.74 Å². The van der Waals surface area contributed by atoms with Crippen LogP contribution in [0.25, 0.3) is 6.08 Å². The lowest BCUT2D eigenvalue weighted by molar-refractivity contribution is 0.207. The van der Waals surface area contributed by atoms with Crippen molar-refractivity contribution in [2.45, 2.75) is 46.1 Å². The van der Waals surface area contributed by atoms with E-state index in [0.717, 1.165) is 37.2 Å². The zero-order chi connectivity index (χ0) is 13.9. The van der Waals surface area contributed by atoms with Crippen LogP contribution in [0.3, 0.4) is 0 Å². The summed E-state index contributed by atoms with van der Waals surface area (Å²) in [4.78, 5) is 0. The van der Waals surface area contributed by atoms with Crippen LogP contribution >= 0.6 is 0 Å². The summed E-state index contributed by atoms with van der Waals surface area (Å²) in [6, 6.07) is 8.20. The van der Waals surface area contributed by atoms with Crippen LogP contribution in [0.5, 0.6) is 5.75 Å². The molecule has 1 unspecified atom stereocenters. The molecule has 1 aromatic rings. The monoisotopic (exact) mass is 261 g/mol. The van der Waals surface area contributed by atoms with Crippen molar-refractivity contribution in [1.29, 1.82) is 0 Å². The van der Waals surface area contributed by atoms with Gasteiger partial charge in [0, 0.05) is 5.56 Å². The Hall–Kier alpha value is -1.28. The van der Waals surface area contributed by atoms with E-state index in [0.29, 0.717) is 0 Å². The van der Waals surface area contributed by atoms with Crippen molar-refractivity contribution >= 4 is 6.08 Å². The largest absolute Gasteiger partial charge is 0.490 e. The number of allylic oxidation sites excluding steroid dienone is 1. The zero-order valence-electron chi connectivity index (χ0n) is 12.5. The Kier molecular flexibility index (Phi) is 7.99. The number of para-hydroxylation sites is 1. The lowest BCUT2D eigenvalue weighted by atomic mass is 10.1. The Morgan fingerprint density at radius 1 is 1.26 bits per heavy atom. The number of hydrogen-bond acceptors (Lipinski definition) is 2. The molecule has 19 heavy (non-hydrogen) atoms. The molecule has 0 radical (unpaired) electrons. The summed E-state index contributed by atoms with van der Waals surface area (Å²) >= 11 is 0. The quantitative estimate of drug-likeness (QED) is 0.670. The third-order valence-electron chi connectivity index (χ3n) is 2.98. The van der Waals surface area contributed by atoms with Crippen LogP contribution in [0.15, 0.2) is 30.3 Å². The molecule has 0 bridgehead atoms. The van der Waals surface area contributed by atoms with Crippen molar-refractivity contribution in [3.8, 4) is 5.75 Å². The molecule has 1 N–H and O–H groups in total. The lowest BCUT2D eigenvalue weighted by Crippen LogP contribution is -2.19. The van der Waals surface area contributed by atoms with E-state index in [4.69, 9.17) is 4.74 Å². The molecule has 0 amide bonds. The van der Waals surface area contributed by atoms with Crippen LogP contribution in [0.4, 0.5) is 0 Å². The molecular formula is C17H27NO. The van der Waals surface area contributed by atoms with E-state index < -0.39 is 0 Å². The smallest absolute Gasteiger partial charge is 0.126 e. The van der Waals surface area contributed by atoms with Crippen molar-refractivity contribution in [2.24, 2.45) is 0 Å². The van der Waals surface area contributed by atoms with E-state index in [9.17, 15) is 0 Å². The minimum atomic E-state index is 0.259. The molecule has 0 aliphatic rings. The fraction of sp³-hybridized carbons (Fsp3) is 0.529. The number of rotatable bonds is 9. The van der Waals surface area contributed by atoms with Crippen molar-refractivity contribution in [3.05, 3.63) is 35.9 Å². The predicted octanol–water partition coefficient (Wildman–Crippen LogP) is 4.27. The zero-order valence-corrected chi connectivity index (χ0v) is 12.5. The van der Waals surface area contributed by atoms with E-state index >= 15 is 0 Å². The first-order valence-electron chi connectivity index (χ1n) is 7.37. The number of benzene rings is 1. The Morgan fingerprint density at radius 2 is 2.05 bits per heavy atom. The van der Waals surface area contributed by atoms with E-state index in [1.807, 2.05) is 31.2 Å². The highest BCUT2D eigenvalue weighted by atomic mass is 16.5. The van der Waals surface area contributed by atoms with E-state index in [1.165, 1.54) is 6.42 Å². The van der Waals surface area contributed by atoms with Crippen LogP contribution < -0.4 is 10.1 Å². The van der Waals surface area contributed by atoms with Gasteiger partial charge in [-0.15, -0.1) is 0 Å². The first kappa shape index (κ1) is 15.8. The molecule has 0 fully saturated rings. The fourth-order valence-electron chi connectivity index (χ4n) is 2.00. The molecule has 1 aromatic carbocycles. The maximum Gasteiger partial charge on any atom is 0.126 e. The molecule has 0 aliphatic carbocycles. The highest BCUT2D eigenvalue weighted by Gasteiger charge is 2.06. The van der Waals surface area contributed by atoms with Gasteiger partial charge in [-0.25, -0.2) is 0 Å². The van der Waals surface area contributed by atoms with Gasteiger partial charge in [0.2, 0.25) is 0 Å².